The van der Waals surface area contributed by atoms with E-state index in [2.05, 4.69) is 10.6 Å². The van der Waals surface area contributed by atoms with Crippen molar-refractivity contribution in [1.82, 2.24) is 10.2 Å². The van der Waals surface area contributed by atoms with Gasteiger partial charge in [-0.25, -0.2) is 0 Å². The number of benzene rings is 2. The number of aliphatic hydroxyl groups is 1. The molecule has 3 aliphatic rings. The van der Waals surface area contributed by atoms with Gasteiger partial charge in [-0.2, -0.15) is 0 Å². The zero-order valence-corrected chi connectivity index (χ0v) is 20.5. The minimum absolute atomic E-state index is 0.00774. The molecule has 184 valence electrons. The van der Waals surface area contributed by atoms with Crippen molar-refractivity contribution in [3.63, 3.8) is 0 Å². The number of thioether (sulfide) groups is 1. The van der Waals surface area contributed by atoms with E-state index in [0.29, 0.717) is 17.9 Å². The second-order valence-electron chi connectivity index (χ2n) is 9.24. The third kappa shape index (κ3) is 3.68. The lowest BCUT2D eigenvalue weighted by atomic mass is 9.70. The van der Waals surface area contributed by atoms with Crippen molar-refractivity contribution in [2.24, 2.45) is 11.8 Å². The summed E-state index contributed by atoms with van der Waals surface area (Å²) in [4.78, 5) is 42.4. The number of likely N-dealkylation sites (tertiary alicyclic amines) is 1. The number of rotatable bonds is 7. The van der Waals surface area contributed by atoms with Gasteiger partial charge >= 0.3 is 0 Å². The van der Waals surface area contributed by atoms with Crippen LogP contribution in [0.2, 0.25) is 0 Å². The predicted molar refractivity (Wildman–Crippen MR) is 133 cm³/mol. The third-order valence-corrected chi connectivity index (χ3v) is 9.54. The highest BCUT2D eigenvalue weighted by Crippen LogP contribution is 2.67. The molecule has 9 heteroatoms. The van der Waals surface area contributed by atoms with Crippen molar-refractivity contribution >= 4 is 35.2 Å². The second kappa shape index (κ2) is 9.20. The third-order valence-electron chi connectivity index (χ3n) is 7.59. The summed E-state index contributed by atoms with van der Waals surface area (Å²) in [6.45, 7) is -0.330. The van der Waals surface area contributed by atoms with Crippen molar-refractivity contribution in [2.75, 3.05) is 26.1 Å². The van der Waals surface area contributed by atoms with Gasteiger partial charge in [-0.05, 0) is 42.7 Å². The van der Waals surface area contributed by atoms with E-state index in [9.17, 15) is 19.5 Å². The molecule has 0 aliphatic carbocycles. The quantitative estimate of drug-likeness (QED) is 0.544. The van der Waals surface area contributed by atoms with Gasteiger partial charge in [0.05, 0.1) is 36.3 Å². The standard InChI is InChI=1S/C26H29N3O5S/c1-27-23(31)20-19-12-13-26(35-19)21(20)25(33)29(18(14-30)15-6-4-3-5-7-15)22(26)24(32)28-16-8-10-17(34-2)11-9-16/h3-11,18-22,30H,12-14H2,1-2H3,(H,27,31)(H,28,32)/t18-,19-,20+,21+,22?,26?/m1/s1. The number of carbonyl (C=O) groups excluding carboxylic acids is 3. The molecule has 5 rings (SSSR count). The van der Waals surface area contributed by atoms with Crippen molar-refractivity contribution in [3.8, 4) is 5.75 Å². The van der Waals surface area contributed by atoms with Crippen LogP contribution in [0, 0.1) is 11.8 Å². The Balaban J connectivity index is 1.57. The fraction of sp³-hybridized carbons (Fsp3) is 0.423. The Morgan fingerprint density at radius 2 is 1.89 bits per heavy atom. The number of carbonyl (C=O) groups is 3. The summed E-state index contributed by atoms with van der Waals surface area (Å²) < 4.78 is 4.48. The molecular formula is C26H29N3O5S. The first-order valence-corrected chi connectivity index (χ1v) is 12.7. The van der Waals surface area contributed by atoms with Crippen LogP contribution in [0.3, 0.4) is 0 Å². The van der Waals surface area contributed by atoms with E-state index in [1.165, 1.54) is 0 Å². The lowest BCUT2D eigenvalue weighted by Crippen LogP contribution is -2.52. The first-order valence-electron chi connectivity index (χ1n) is 11.8. The van der Waals surface area contributed by atoms with Gasteiger partial charge in [0.2, 0.25) is 17.7 Å². The first-order chi connectivity index (χ1) is 16.9. The number of methoxy groups -OCH3 is 1. The highest BCUT2D eigenvalue weighted by Gasteiger charge is 2.74. The van der Waals surface area contributed by atoms with Crippen molar-refractivity contribution in [3.05, 3.63) is 60.2 Å². The Morgan fingerprint density at radius 3 is 2.51 bits per heavy atom. The summed E-state index contributed by atoms with van der Waals surface area (Å²) in [5.41, 5.74) is 1.33. The summed E-state index contributed by atoms with van der Waals surface area (Å²) in [6.07, 6.45) is 1.43. The predicted octanol–water partition coefficient (Wildman–Crippen LogP) is 2.20. The van der Waals surface area contributed by atoms with Gasteiger partial charge in [0.25, 0.3) is 0 Å². The zero-order valence-electron chi connectivity index (χ0n) is 19.6. The fourth-order valence-electron chi connectivity index (χ4n) is 6.11. The summed E-state index contributed by atoms with van der Waals surface area (Å²) >= 11 is 1.60. The van der Waals surface area contributed by atoms with Gasteiger partial charge in [-0.3, -0.25) is 14.4 Å². The Labute approximate surface area is 208 Å². The van der Waals surface area contributed by atoms with E-state index < -0.39 is 28.7 Å². The molecule has 0 aromatic heterocycles. The molecule has 3 aliphatic heterocycles. The minimum Gasteiger partial charge on any atom is -0.497 e. The SMILES string of the molecule is CNC(=O)[C@@H]1[C@H]2C(=O)N([C@H](CO)c3ccccc3)C(C(=O)Nc3ccc(OC)cc3)C23CC[C@H]1S3. The van der Waals surface area contributed by atoms with Crippen molar-refractivity contribution < 1.29 is 24.2 Å². The molecule has 1 spiro atoms. The molecule has 3 saturated heterocycles. The van der Waals surface area contributed by atoms with E-state index in [1.54, 1.807) is 55.1 Å². The normalized spacial score (nSPS) is 29.6. The van der Waals surface area contributed by atoms with E-state index >= 15 is 0 Å². The van der Waals surface area contributed by atoms with E-state index in [-0.39, 0.29) is 29.6 Å². The van der Waals surface area contributed by atoms with Crippen LogP contribution in [-0.2, 0) is 14.4 Å². The van der Waals surface area contributed by atoms with Gasteiger partial charge in [0, 0.05) is 18.0 Å². The van der Waals surface area contributed by atoms with Crippen LogP contribution in [0.25, 0.3) is 0 Å². The molecule has 3 fully saturated rings. The highest BCUT2D eigenvalue weighted by molar-refractivity contribution is 8.02. The summed E-state index contributed by atoms with van der Waals surface area (Å²) in [5, 5.41) is 16.1. The second-order valence-corrected chi connectivity index (χ2v) is 10.8. The Bertz CT molecular complexity index is 1130. The summed E-state index contributed by atoms with van der Waals surface area (Å²) in [6, 6.07) is 14.7. The van der Waals surface area contributed by atoms with Crippen LogP contribution in [-0.4, -0.2) is 64.5 Å². The van der Waals surface area contributed by atoms with Crippen LogP contribution < -0.4 is 15.4 Å². The van der Waals surface area contributed by atoms with Crippen LogP contribution in [0.5, 0.6) is 5.75 Å². The highest BCUT2D eigenvalue weighted by atomic mass is 32.2. The van der Waals surface area contributed by atoms with Crippen LogP contribution >= 0.6 is 11.8 Å². The topological polar surface area (TPSA) is 108 Å². The lowest BCUT2D eigenvalue weighted by Gasteiger charge is -2.37. The zero-order chi connectivity index (χ0) is 24.7. The Morgan fingerprint density at radius 1 is 1.17 bits per heavy atom. The average Bonchev–Trinajstić information content (AvgIpc) is 3.53. The average molecular weight is 496 g/mol. The number of hydrogen-bond donors (Lipinski definition) is 3. The largest absolute Gasteiger partial charge is 0.497 e. The van der Waals surface area contributed by atoms with Crippen molar-refractivity contribution in [1.29, 1.82) is 0 Å². The summed E-state index contributed by atoms with van der Waals surface area (Å²) in [5.74, 6) is -1.17. The smallest absolute Gasteiger partial charge is 0.248 e. The summed E-state index contributed by atoms with van der Waals surface area (Å²) in [7, 11) is 3.15. The molecule has 3 heterocycles. The minimum atomic E-state index is -0.830. The molecule has 3 amide bonds. The number of amides is 3. The molecule has 2 aromatic carbocycles. The number of fused-ring (bicyclic) bond motifs is 1. The molecule has 0 radical (unpaired) electrons. The molecule has 0 saturated carbocycles. The van der Waals surface area contributed by atoms with Crippen LogP contribution in [0.15, 0.2) is 54.6 Å². The van der Waals surface area contributed by atoms with Crippen LogP contribution in [0.4, 0.5) is 5.69 Å². The van der Waals surface area contributed by atoms with Gasteiger partial charge in [0.15, 0.2) is 0 Å². The number of anilines is 1. The fourth-order valence-corrected chi connectivity index (χ4v) is 8.31. The van der Waals surface area contributed by atoms with Crippen LogP contribution in [0.1, 0.15) is 24.4 Å². The molecule has 6 atom stereocenters. The van der Waals surface area contributed by atoms with Crippen molar-refractivity contribution in [2.45, 2.75) is 34.9 Å². The van der Waals surface area contributed by atoms with E-state index in [0.717, 1.165) is 12.0 Å². The number of aliphatic hydroxyl groups excluding tert-OH is 1. The van der Waals surface area contributed by atoms with E-state index in [4.69, 9.17) is 4.74 Å². The Kier molecular flexibility index (Phi) is 6.23. The lowest BCUT2D eigenvalue weighted by molar-refractivity contribution is -0.142. The number of hydrogen-bond acceptors (Lipinski definition) is 6. The maximum absolute atomic E-state index is 14.1. The molecule has 2 unspecified atom stereocenters. The molecule has 2 aromatic rings. The van der Waals surface area contributed by atoms with Gasteiger partial charge in [-0.1, -0.05) is 30.3 Å². The van der Waals surface area contributed by atoms with E-state index in [1.807, 2.05) is 30.3 Å². The number of nitrogens with zero attached hydrogens (tertiary/aromatic N) is 1. The first kappa shape index (κ1) is 23.7. The Hall–Kier alpha value is -3.04. The molecular weight excluding hydrogens is 466 g/mol. The maximum atomic E-state index is 14.1. The number of nitrogens with one attached hydrogen (secondary N) is 2. The number of ether oxygens (including phenoxy) is 1. The van der Waals surface area contributed by atoms with Gasteiger partial charge in [0.1, 0.15) is 11.8 Å². The van der Waals surface area contributed by atoms with Gasteiger partial charge in [-0.15, -0.1) is 11.8 Å². The molecule has 2 bridgehead atoms. The molecule has 8 nitrogen and oxygen atoms in total. The maximum Gasteiger partial charge on any atom is 0.248 e. The molecule has 3 N–H and O–H groups in total. The van der Waals surface area contributed by atoms with Gasteiger partial charge < -0.3 is 25.4 Å². The molecule has 35 heavy (non-hydrogen) atoms. The monoisotopic (exact) mass is 495 g/mol.